The smallest absolute Gasteiger partial charge is 0.267 e. The maximum absolute atomic E-state index is 13.3. The van der Waals surface area contributed by atoms with Crippen molar-refractivity contribution >= 4 is 10.1 Å². The van der Waals surface area contributed by atoms with Crippen LogP contribution in [0, 0.1) is 6.92 Å². The number of rotatable bonds is 4. The van der Waals surface area contributed by atoms with Crippen LogP contribution in [0.3, 0.4) is 0 Å². The van der Waals surface area contributed by atoms with Gasteiger partial charge in [0.05, 0.1) is 11.5 Å². The van der Waals surface area contributed by atoms with Gasteiger partial charge in [-0.3, -0.25) is 4.18 Å². The van der Waals surface area contributed by atoms with E-state index in [2.05, 4.69) is 0 Å². The van der Waals surface area contributed by atoms with Gasteiger partial charge in [0, 0.05) is 12.8 Å². The molecule has 6 heteroatoms. The topological polar surface area (TPSA) is 43.4 Å². The monoisotopic (exact) mass is 304 g/mol. The molecule has 0 heterocycles. The molecule has 2 rings (SSSR count). The maximum atomic E-state index is 13.3. The van der Waals surface area contributed by atoms with Gasteiger partial charge in [-0.1, -0.05) is 6.07 Å². The quantitative estimate of drug-likeness (QED) is 0.798. The van der Waals surface area contributed by atoms with E-state index in [0.717, 1.165) is 5.56 Å². The predicted octanol–water partition coefficient (Wildman–Crippen LogP) is 3.62. The van der Waals surface area contributed by atoms with Gasteiger partial charge in [0.1, 0.15) is 0 Å². The summed E-state index contributed by atoms with van der Waals surface area (Å²) in [6.07, 6.45) is 0.0253. The lowest BCUT2D eigenvalue weighted by molar-refractivity contribution is 0.00775. The summed E-state index contributed by atoms with van der Waals surface area (Å²) in [6, 6.07) is 4.58. The van der Waals surface area contributed by atoms with Crippen LogP contribution < -0.4 is 0 Å². The zero-order valence-electron chi connectivity index (χ0n) is 11.5. The highest BCUT2D eigenvalue weighted by molar-refractivity contribution is 7.86. The fourth-order valence-electron chi connectivity index (χ4n) is 2.65. The molecule has 1 unspecified atom stereocenters. The van der Waals surface area contributed by atoms with Crippen LogP contribution in [0.1, 0.15) is 43.2 Å². The van der Waals surface area contributed by atoms with E-state index in [9.17, 15) is 17.2 Å². The third-order valence-corrected chi connectivity index (χ3v) is 5.03. The van der Waals surface area contributed by atoms with Gasteiger partial charge in [-0.05, 0) is 49.4 Å². The summed E-state index contributed by atoms with van der Waals surface area (Å²) in [4.78, 5) is 0.0372. The van der Waals surface area contributed by atoms with Crippen molar-refractivity contribution in [1.82, 2.24) is 0 Å². The SMILES string of the molecule is CCOS(=O)(=O)c1ccc(C)c(C2CCC(F)(F)C2)c1. The highest BCUT2D eigenvalue weighted by Gasteiger charge is 2.40. The minimum Gasteiger partial charge on any atom is -0.267 e. The van der Waals surface area contributed by atoms with Crippen LogP contribution in [0.4, 0.5) is 8.78 Å². The Morgan fingerprint density at radius 2 is 2.10 bits per heavy atom. The molecule has 0 spiro atoms. The first-order valence-electron chi connectivity index (χ1n) is 6.63. The zero-order valence-corrected chi connectivity index (χ0v) is 12.3. The molecule has 112 valence electrons. The van der Waals surface area contributed by atoms with E-state index in [1.54, 1.807) is 13.0 Å². The van der Waals surface area contributed by atoms with Crippen LogP contribution in [0.15, 0.2) is 23.1 Å². The lowest BCUT2D eigenvalue weighted by atomic mass is 9.93. The molecule has 0 radical (unpaired) electrons. The minimum atomic E-state index is -3.80. The summed E-state index contributed by atoms with van der Waals surface area (Å²) in [5, 5.41) is 0. The lowest BCUT2D eigenvalue weighted by Crippen LogP contribution is -2.10. The van der Waals surface area contributed by atoms with E-state index in [1.165, 1.54) is 12.1 Å². The average molecular weight is 304 g/mol. The van der Waals surface area contributed by atoms with Gasteiger partial charge in [0.25, 0.3) is 10.1 Å². The average Bonchev–Trinajstić information content (AvgIpc) is 2.69. The largest absolute Gasteiger partial charge is 0.296 e. The summed E-state index contributed by atoms with van der Waals surface area (Å²) >= 11 is 0. The molecule has 1 fully saturated rings. The Balaban J connectivity index is 2.36. The van der Waals surface area contributed by atoms with E-state index in [-0.39, 0.29) is 30.3 Å². The van der Waals surface area contributed by atoms with Crippen molar-refractivity contribution in [2.24, 2.45) is 0 Å². The van der Waals surface area contributed by atoms with E-state index in [4.69, 9.17) is 4.18 Å². The van der Waals surface area contributed by atoms with E-state index < -0.39 is 16.0 Å². The van der Waals surface area contributed by atoms with Crippen molar-refractivity contribution in [3.63, 3.8) is 0 Å². The molecular weight excluding hydrogens is 286 g/mol. The normalized spacial score (nSPS) is 22.1. The number of aryl methyl sites for hydroxylation is 1. The third kappa shape index (κ3) is 3.17. The van der Waals surface area contributed by atoms with Crippen molar-refractivity contribution in [3.8, 4) is 0 Å². The number of halogens is 2. The third-order valence-electron chi connectivity index (χ3n) is 3.66. The standard InChI is InChI=1S/C14H18F2O3S/c1-3-19-20(17,18)12-5-4-10(2)13(8-12)11-6-7-14(15,16)9-11/h4-5,8,11H,3,6-7,9H2,1-2H3. The van der Waals surface area contributed by atoms with Gasteiger partial charge < -0.3 is 0 Å². The predicted molar refractivity (Wildman–Crippen MR) is 71.5 cm³/mol. The van der Waals surface area contributed by atoms with Crippen molar-refractivity contribution < 1.29 is 21.4 Å². The molecule has 0 amide bonds. The number of hydrogen-bond donors (Lipinski definition) is 0. The van der Waals surface area contributed by atoms with Crippen molar-refractivity contribution in [3.05, 3.63) is 29.3 Å². The summed E-state index contributed by atoms with van der Waals surface area (Å²) in [5.74, 6) is -2.94. The van der Waals surface area contributed by atoms with Crippen LogP contribution in [0.25, 0.3) is 0 Å². The number of hydrogen-bond acceptors (Lipinski definition) is 3. The van der Waals surface area contributed by atoms with Gasteiger partial charge in [0.2, 0.25) is 5.92 Å². The Hall–Kier alpha value is -1.01. The Morgan fingerprint density at radius 1 is 1.40 bits per heavy atom. The van der Waals surface area contributed by atoms with Gasteiger partial charge in [0.15, 0.2) is 0 Å². The molecule has 20 heavy (non-hydrogen) atoms. The first kappa shape index (κ1) is 15.4. The summed E-state index contributed by atoms with van der Waals surface area (Å²) in [6.45, 7) is 3.44. The number of benzene rings is 1. The number of alkyl halides is 2. The molecule has 3 nitrogen and oxygen atoms in total. The summed E-state index contributed by atoms with van der Waals surface area (Å²) in [5.41, 5.74) is 1.52. The first-order valence-corrected chi connectivity index (χ1v) is 8.04. The second kappa shape index (κ2) is 5.41. The highest BCUT2D eigenvalue weighted by atomic mass is 32.2. The molecule has 0 bridgehead atoms. The van der Waals surface area contributed by atoms with Crippen LogP contribution in [-0.2, 0) is 14.3 Å². The Morgan fingerprint density at radius 3 is 2.65 bits per heavy atom. The lowest BCUT2D eigenvalue weighted by Gasteiger charge is -2.15. The van der Waals surface area contributed by atoms with E-state index >= 15 is 0 Å². The molecule has 0 aromatic heterocycles. The second-order valence-corrected chi connectivity index (χ2v) is 6.79. The Bertz CT molecular complexity index is 596. The zero-order chi connectivity index (χ0) is 15.0. The van der Waals surface area contributed by atoms with Crippen LogP contribution in [-0.4, -0.2) is 20.9 Å². The molecule has 1 atom stereocenters. The van der Waals surface area contributed by atoms with E-state index in [1.807, 2.05) is 6.92 Å². The van der Waals surface area contributed by atoms with Crippen molar-refractivity contribution in [2.45, 2.75) is 49.8 Å². The minimum absolute atomic E-state index is 0.0372. The molecule has 1 saturated carbocycles. The molecule has 0 aliphatic heterocycles. The van der Waals surface area contributed by atoms with Crippen LogP contribution >= 0.6 is 0 Å². The molecule has 1 aliphatic carbocycles. The van der Waals surface area contributed by atoms with Gasteiger partial charge >= 0.3 is 0 Å². The Kier molecular flexibility index (Phi) is 4.16. The van der Waals surface area contributed by atoms with Gasteiger partial charge in [-0.25, -0.2) is 8.78 Å². The summed E-state index contributed by atoms with van der Waals surface area (Å²) in [7, 11) is -3.80. The van der Waals surface area contributed by atoms with Crippen molar-refractivity contribution in [2.75, 3.05) is 6.61 Å². The molecule has 1 aromatic carbocycles. The summed E-state index contributed by atoms with van der Waals surface area (Å²) < 4.78 is 55.1. The fraction of sp³-hybridized carbons (Fsp3) is 0.571. The van der Waals surface area contributed by atoms with Crippen molar-refractivity contribution in [1.29, 1.82) is 0 Å². The van der Waals surface area contributed by atoms with E-state index in [0.29, 0.717) is 12.0 Å². The molecule has 1 aliphatic rings. The van der Waals surface area contributed by atoms with Gasteiger partial charge in [-0.2, -0.15) is 8.42 Å². The molecule has 0 saturated heterocycles. The maximum Gasteiger partial charge on any atom is 0.296 e. The molecular formula is C14H18F2O3S. The fourth-order valence-corrected chi connectivity index (χ4v) is 3.60. The molecule has 0 N–H and O–H groups in total. The van der Waals surface area contributed by atoms with Crippen LogP contribution in [0.5, 0.6) is 0 Å². The first-order chi connectivity index (χ1) is 9.25. The van der Waals surface area contributed by atoms with Crippen LogP contribution in [0.2, 0.25) is 0 Å². The second-order valence-electron chi connectivity index (χ2n) is 5.17. The Labute approximate surface area is 118 Å². The molecule has 1 aromatic rings. The van der Waals surface area contributed by atoms with Gasteiger partial charge in [-0.15, -0.1) is 0 Å². The highest BCUT2D eigenvalue weighted by Crippen LogP contribution is 2.45.